The van der Waals surface area contributed by atoms with Crippen molar-refractivity contribution >= 4 is 0 Å². The van der Waals surface area contributed by atoms with Crippen LogP contribution in [0.15, 0.2) is 72.8 Å². The molecule has 0 saturated carbocycles. The summed E-state index contributed by atoms with van der Waals surface area (Å²) in [4.78, 5) is 0. The van der Waals surface area contributed by atoms with Gasteiger partial charge < -0.3 is 62.8 Å². The molecule has 6 aromatic carbocycles. The molecule has 0 atom stereocenters. The Balaban J connectivity index is 1.74. The molecule has 492 valence electrons. The summed E-state index contributed by atoms with van der Waals surface area (Å²) in [5, 5.41) is 0. The quantitative estimate of drug-likeness (QED) is 0.0474. The lowest BCUT2D eigenvalue weighted by molar-refractivity contribution is 0.314. The molecule has 0 aromatic heterocycles. The van der Waals surface area contributed by atoms with E-state index in [1.165, 1.54) is 33.4 Å². The molecule has 90 heavy (non-hydrogen) atoms. The molecule has 0 unspecified atom stereocenters. The number of ether oxygens (including phenoxy) is 6. The van der Waals surface area contributed by atoms with Crippen LogP contribution >= 0.6 is 0 Å². The summed E-state index contributed by atoms with van der Waals surface area (Å²) in [5.41, 5.74) is 56.5. The zero-order valence-electron chi connectivity index (χ0n) is 58.6. The van der Waals surface area contributed by atoms with Gasteiger partial charge in [-0.3, -0.25) is 0 Å². The molecule has 0 heterocycles. The molecule has 1 aliphatic carbocycles. The largest absolute Gasteiger partial charge is 0.492 e. The van der Waals surface area contributed by atoms with Crippen molar-refractivity contribution in [2.75, 3.05) is 78.9 Å². The van der Waals surface area contributed by atoms with Crippen molar-refractivity contribution in [3.05, 3.63) is 173 Å². The maximum absolute atomic E-state index is 7.04. The van der Waals surface area contributed by atoms with E-state index >= 15 is 0 Å². The molecule has 0 fully saturated rings. The Morgan fingerprint density at radius 2 is 0.311 bits per heavy atom. The van der Waals surface area contributed by atoms with Gasteiger partial charge in [0.2, 0.25) is 0 Å². The normalized spacial score (nSPS) is 13.6. The number of benzene rings is 6. The Labute approximate surface area is 542 Å². The van der Waals surface area contributed by atoms with Gasteiger partial charge in [-0.1, -0.05) is 197 Å². The van der Waals surface area contributed by atoms with Crippen LogP contribution in [0.3, 0.4) is 0 Å². The van der Waals surface area contributed by atoms with Crippen molar-refractivity contribution in [2.45, 2.75) is 196 Å². The van der Waals surface area contributed by atoms with Gasteiger partial charge in [0.05, 0.1) is 0 Å². The third kappa shape index (κ3) is 17.7. The minimum Gasteiger partial charge on any atom is -0.492 e. The SMILES string of the molecule is CC(C)(C)c1cc2c(OCCN)c(c1)Cc1cc(C(C)(C)C)cc(c1OCCN)Cc1cc(C(C)(C)C)cc(c1OCCN)Cc1cc(C(C)(C)C)cc(c1OCCN)Cc1cc(C(C)(C)C)cc(c1OCCN)Cc1cc(C(C)(C)C)cc(c1OCCN)C2. The maximum Gasteiger partial charge on any atom is 0.126 e. The summed E-state index contributed by atoms with van der Waals surface area (Å²) in [6.07, 6.45) is 2.98. The molecule has 1 aliphatic rings. The molecule has 12 nitrogen and oxygen atoms in total. The molecule has 0 saturated heterocycles. The Morgan fingerprint density at radius 1 is 0.211 bits per heavy atom. The fourth-order valence-corrected chi connectivity index (χ4v) is 12.0. The van der Waals surface area contributed by atoms with E-state index in [0.29, 0.717) is 117 Å². The molecule has 12 heteroatoms. The Bertz CT molecular complexity index is 2710. The highest BCUT2D eigenvalue weighted by Gasteiger charge is 2.32. The molecular weight excluding hydrogens is 1120 g/mol. The standard InChI is InChI=1S/C78H114N6O6/c1-73(2,3)61-37-49-31-51-39-62(74(4,5)6)41-53(68(51)86-26-20-80)33-55-43-64(76(10,11)12)45-57(70(55)88-28-22-82)35-59-47-66(78(16,17)18)48-60(72(59)90-30-24-84)36-58-46-65(77(13,14)15)44-56(71(58)89-29-23-83)34-54-42-63(75(7,8)9)40-52(69(54)87-27-21-81)32-50(38-61)67(49)85-25-19-79/h37-48H,19-36,79-84H2,1-18H3. The summed E-state index contributed by atoms with van der Waals surface area (Å²) in [6.45, 7) is 44.9. The third-order valence-corrected chi connectivity index (χ3v) is 17.1. The maximum atomic E-state index is 7.04. The van der Waals surface area contributed by atoms with Crippen molar-refractivity contribution in [3.8, 4) is 34.5 Å². The average molecular weight is 1230 g/mol. The minimum absolute atomic E-state index is 0.246. The van der Waals surface area contributed by atoms with E-state index in [0.717, 1.165) is 101 Å². The first-order valence-electron chi connectivity index (χ1n) is 33.1. The monoisotopic (exact) mass is 1230 g/mol. The molecule has 7 rings (SSSR count). The molecule has 0 amide bonds. The van der Waals surface area contributed by atoms with Crippen LogP contribution in [0.5, 0.6) is 34.5 Å². The highest BCUT2D eigenvalue weighted by atomic mass is 16.5. The van der Waals surface area contributed by atoms with Gasteiger partial charge in [-0.15, -0.1) is 0 Å². The summed E-state index contributed by atoms with van der Waals surface area (Å²) in [6, 6.07) is 28.1. The Kier molecular flexibility index (Phi) is 23.2. The number of nitrogens with two attached hydrogens (primary N) is 6. The van der Waals surface area contributed by atoms with Crippen molar-refractivity contribution in [2.24, 2.45) is 34.4 Å². The van der Waals surface area contributed by atoms with Crippen LogP contribution in [-0.2, 0) is 71.0 Å². The van der Waals surface area contributed by atoms with Gasteiger partial charge in [0, 0.05) is 77.8 Å². The van der Waals surface area contributed by atoms with Gasteiger partial charge in [0.1, 0.15) is 74.1 Å². The van der Waals surface area contributed by atoms with Gasteiger partial charge >= 0.3 is 0 Å². The average Bonchev–Trinajstić information content (AvgIpc) is 0.793. The van der Waals surface area contributed by atoms with E-state index in [9.17, 15) is 0 Å². The van der Waals surface area contributed by atoms with E-state index in [4.69, 9.17) is 62.8 Å². The molecule has 0 spiro atoms. The molecule has 0 aliphatic heterocycles. The zero-order chi connectivity index (χ0) is 66.3. The molecule has 12 N–H and O–H groups in total. The Morgan fingerprint density at radius 3 is 0.389 bits per heavy atom. The van der Waals surface area contributed by atoms with E-state index in [-0.39, 0.29) is 32.5 Å². The fraction of sp³-hybridized carbons (Fsp3) is 0.538. The highest BCUT2D eigenvalue weighted by Crippen LogP contribution is 2.46. The van der Waals surface area contributed by atoms with Crippen molar-refractivity contribution < 1.29 is 28.4 Å². The fourth-order valence-electron chi connectivity index (χ4n) is 12.0. The first-order chi connectivity index (χ1) is 42.1. The number of hydrogen-bond donors (Lipinski definition) is 6. The van der Waals surface area contributed by atoms with Crippen LogP contribution in [0.1, 0.15) is 225 Å². The van der Waals surface area contributed by atoms with E-state index < -0.39 is 0 Å². The van der Waals surface area contributed by atoms with Crippen LogP contribution < -0.4 is 62.8 Å². The van der Waals surface area contributed by atoms with Gasteiger partial charge in [-0.05, 0) is 133 Å². The van der Waals surface area contributed by atoms with Crippen molar-refractivity contribution in [3.63, 3.8) is 0 Å². The topological polar surface area (TPSA) is 212 Å². The van der Waals surface area contributed by atoms with E-state index in [1.807, 2.05) is 0 Å². The summed E-state index contributed by atoms with van der Waals surface area (Å²) >= 11 is 0. The zero-order valence-corrected chi connectivity index (χ0v) is 58.6. The van der Waals surface area contributed by atoms with E-state index in [1.54, 1.807) is 0 Å². The van der Waals surface area contributed by atoms with Crippen LogP contribution in [-0.4, -0.2) is 78.9 Å². The predicted molar refractivity (Wildman–Crippen MR) is 375 cm³/mol. The second-order valence-electron chi connectivity index (χ2n) is 31.1. The molecule has 0 radical (unpaired) electrons. The number of hydrogen-bond acceptors (Lipinski definition) is 12. The lowest BCUT2D eigenvalue weighted by Gasteiger charge is -2.29. The predicted octanol–water partition coefficient (Wildman–Crippen LogP) is 13.4. The summed E-state index contributed by atoms with van der Waals surface area (Å²) in [7, 11) is 0. The minimum atomic E-state index is -0.246. The second-order valence-corrected chi connectivity index (χ2v) is 31.1. The van der Waals surface area contributed by atoms with Gasteiger partial charge in [-0.25, -0.2) is 0 Å². The van der Waals surface area contributed by atoms with Crippen molar-refractivity contribution in [1.82, 2.24) is 0 Å². The molecule has 12 bridgehead atoms. The highest BCUT2D eigenvalue weighted by molar-refractivity contribution is 5.62. The summed E-state index contributed by atoms with van der Waals surface area (Å²) in [5.74, 6) is 4.81. The van der Waals surface area contributed by atoms with E-state index in [2.05, 4.69) is 197 Å². The van der Waals surface area contributed by atoms with Crippen LogP contribution in [0.4, 0.5) is 0 Å². The van der Waals surface area contributed by atoms with Crippen LogP contribution in [0.25, 0.3) is 0 Å². The smallest absolute Gasteiger partial charge is 0.126 e. The van der Waals surface area contributed by atoms with Gasteiger partial charge in [0.25, 0.3) is 0 Å². The Hall–Kier alpha value is -6.12. The second kappa shape index (κ2) is 29.2. The number of rotatable bonds is 18. The van der Waals surface area contributed by atoms with Gasteiger partial charge in [0.15, 0.2) is 0 Å². The van der Waals surface area contributed by atoms with Crippen LogP contribution in [0, 0.1) is 0 Å². The first-order valence-corrected chi connectivity index (χ1v) is 33.1. The molecular formula is C78H114N6O6. The van der Waals surface area contributed by atoms with Crippen LogP contribution in [0.2, 0.25) is 0 Å². The number of fused-ring (bicyclic) bond motifs is 12. The third-order valence-electron chi connectivity index (χ3n) is 17.1. The van der Waals surface area contributed by atoms with Crippen molar-refractivity contribution in [1.29, 1.82) is 0 Å². The van der Waals surface area contributed by atoms with Gasteiger partial charge in [-0.2, -0.15) is 0 Å². The molecule has 6 aromatic rings. The lowest BCUT2D eigenvalue weighted by Crippen LogP contribution is -2.20. The summed E-state index contributed by atoms with van der Waals surface area (Å²) < 4.78 is 42.2. The first kappa shape index (κ1) is 71.3. The lowest BCUT2D eigenvalue weighted by atomic mass is 9.79.